The van der Waals surface area contributed by atoms with Gasteiger partial charge in [0, 0.05) is 24.8 Å². The molecule has 1 amide bonds. The second kappa shape index (κ2) is 9.63. The van der Waals surface area contributed by atoms with Crippen LogP contribution >= 0.6 is 0 Å². The molecule has 1 aliphatic carbocycles. The first-order chi connectivity index (χ1) is 15.0. The summed E-state index contributed by atoms with van der Waals surface area (Å²) in [5.74, 6) is -6.80. The number of halogens is 7. The molecule has 178 valence electrons. The maximum absolute atomic E-state index is 15.2. The Hall–Kier alpha value is -2.37. The number of imidazole rings is 1. The van der Waals surface area contributed by atoms with E-state index in [0.29, 0.717) is 0 Å². The molecule has 1 aromatic heterocycles. The Morgan fingerprint density at radius 2 is 1.84 bits per heavy atom. The predicted octanol–water partition coefficient (Wildman–Crippen LogP) is 4.65. The van der Waals surface area contributed by atoms with E-state index in [1.54, 1.807) is 0 Å². The Kier molecular flexibility index (Phi) is 7.31. The summed E-state index contributed by atoms with van der Waals surface area (Å²) in [7, 11) is 0. The highest BCUT2D eigenvalue weighted by Gasteiger charge is 2.38. The third-order valence-corrected chi connectivity index (χ3v) is 5.76. The van der Waals surface area contributed by atoms with Gasteiger partial charge in [0.1, 0.15) is 11.3 Å². The Labute approximate surface area is 178 Å². The van der Waals surface area contributed by atoms with E-state index in [1.807, 2.05) is 5.32 Å². The zero-order chi connectivity index (χ0) is 23.6. The molecule has 0 bridgehead atoms. The van der Waals surface area contributed by atoms with Crippen molar-refractivity contribution in [3.05, 3.63) is 29.3 Å². The molecular weight excluding hydrogens is 445 g/mol. The number of nitrogens with two attached hydrogens (primary N) is 1. The van der Waals surface area contributed by atoms with Gasteiger partial charge in [-0.25, -0.2) is 35.7 Å². The molecule has 0 radical (unpaired) electrons. The van der Waals surface area contributed by atoms with Crippen LogP contribution in [-0.4, -0.2) is 41.2 Å². The smallest absolute Gasteiger partial charge is 0.255 e. The first-order valence-electron chi connectivity index (χ1n) is 10.1. The van der Waals surface area contributed by atoms with Gasteiger partial charge in [-0.3, -0.25) is 4.79 Å². The van der Waals surface area contributed by atoms with E-state index in [0.717, 1.165) is 6.07 Å². The molecule has 5 nitrogen and oxygen atoms in total. The van der Waals surface area contributed by atoms with Crippen LogP contribution < -0.4 is 11.1 Å². The second-order valence-corrected chi connectivity index (χ2v) is 8.02. The Bertz CT molecular complexity index is 939. The number of benzene rings is 1. The van der Waals surface area contributed by atoms with E-state index in [2.05, 4.69) is 9.97 Å². The molecule has 0 aliphatic heterocycles. The standard InChI is InChI=1S/C20H23F7N4O/c21-13(22)7-11(19(32)29-8-14(23)24)10-1-2-12-17(15(10)25)31-18(30-12)16(28)9-3-5-20(26,27)6-4-9/h1-2,9,11,13-14,16H,3-8,28H2,(H,29,32)(H,30,31)/t11-,16-/m0/s1. The van der Waals surface area contributed by atoms with Crippen molar-refractivity contribution in [3.8, 4) is 0 Å². The van der Waals surface area contributed by atoms with Crippen molar-refractivity contribution in [2.75, 3.05) is 6.54 Å². The van der Waals surface area contributed by atoms with Crippen LogP contribution in [0.4, 0.5) is 30.7 Å². The van der Waals surface area contributed by atoms with Gasteiger partial charge in [0.2, 0.25) is 18.3 Å². The molecule has 0 unspecified atom stereocenters. The van der Waals surface area contributed by atoms with Crippen molar-refractivity contribution in [1.29, 1.82) is 0 Å². The second-order valence-electron chi connectivity index (χ2n) is 8.02. The van der Waals surface area contributed by atoms with Gasteiger partial charge in [-0.15, -0.1) is 0 Å². The van der Waals surface area contributed by atoms with Crippen LogP contribution in [-0.2, 0) is 4.79 Å². The molecule has 1 saturated carbocycles. The number of aromatic nitrogens is 2. The summed E-state index contributed by atoms with van der Waals surface area (Å²) < 4.78 is 92.7. The zero-order valence-corrected chi connectivity index (χ0v) is 16.9. The van der Waals surface area contributed by atoms with Crippen molar-refractivity contribution < 1.29 is 35.5 Å². The minimum absolute atomic E-state index is 0.152. The van der Waals surface area contributed by atoms with E-state index in [1.165, 1.54) is 6.07 Å². The topological polar surface area (TPSA) is 83.8 Å². The number of nitrogens with zero attached hydrogens (tertiary/aromatic N) is 1. The lowest BCUT2D eigenvalue weighted by atomic mass is 9.82. The van der Waals surface area contributed by atoms with E-state index >= 15 is 4.39 Å². The van der Waals surface area contributed by atoms with Crippen LogP contribution in [0.15, 0.2) is 12.1 Å². The molecule has 4 N–H and O–H groups in total. The third-order valence-electron chi connectivity index (χ3n) is 5.76. The van der Waals surface area contributed by atoms with Crippen molar-refractivity contribution in [3.63, 3.8) is 0 Å². The average molecular weight is 468 g/mol. The summed E-state index contributed by atoms with van der Waals surface area (Å²) in [5.41, 5.74) is 5.68. The fraction of sp³-hybridized carbons (Fsp3) is 0.600. The molecule has 0 saturated heterocycles. The SMILES string of the molecule is N[C@H](c1nc2c(F)c([C@H](CC(F)F)C(=O)NCC(F)F)ccc2[nH]1)C1CCC(F)(F)CC1. The molecular formula is C20H23F7N4O. The number of rotatable bonds is 8. The lowest BCUT2D eigenvalue weighted by molar-refractivity contribution is -0.124. The molecule has 3 rings (SSSR count). The van der Waals surface area contributed by atoms with Gasteiger partial charge in [0.15, 0.2) is 5.82 Å². The molecule has 1 aliphatic rings. The van der Waals surface area contributed by atoms with E-state index in [9.17, 15) is 31.1 Å². The normalized spacial score (nSPS) is 18.9. The predicted molar refractivity (Wildman–Crippen MR) is 102 cm³/mol. The minimum atomic E-state index is -2.99. The molecule has 2 aromatic rings. The van der Waals surface area contributed by atoms with Crippen LogP contribution in [0.3, 0.4) is 0 Å². The van der Waals surface area contributed by atoms with Crippen molar-refractivity contribution in [2.45, 2.75) is 62.8 Å². The fourth-order valence-electron chi connectivity index (χ4n) is 4.00. The molecule has 1 fully saturated rings. The van der Waals surface area contributed by atoms with Gasteiger partial charge in [-0.2, -0.15) is 0 Å². The molecule has 32 heavy (non-hydrogen) atoms. The number of nitrogens with one attached hydrogen (secondary N) is 2. The van der Waals surface area contributed by atoms with Gasteiger partial charge in [-0.05, 0) is 24.8 Å². The molecule has 2 atom stereocenters. The number of H-pyrrole nitrogens is 1. The van der Waals surface area contributed by atoms with Crippen LogP contribution in [0.5, 0.6) is 0 Å². The van der Waals surface area contributed by atoms with E-state index in [-0.39, 0.29) is 48.5 Å². The monoisotopic (exact) mass is 468 g/mol. The lowest BCUT2D eigenvalue weighted by Gasteiger charge is -2.31. The molecule has 12 heteroatoms. The van der Waals surface area contributed by atoms with Crippen LogP contribution in [0.1, 0.15) is 55.5 Å². The number of hydrogen-bond acceptors (Lipinski definition) is 3. The summed E-state index contributed by atoms with van der Waals surface area (Å²) in [5, 5.41) is 1.84. The van der Waals surface area contributed by atoms with Gasteiger partial charge < -0.3 is 16.0 Å². The fourth-order valence-corrected chi connectivity index (χ4v) is 4.00. The number of carbonyl (C=O) groups is 1. The first-order valence-corrected chi connectivity index (χ1v) is 10.1. The van der Waals surface area contributed by atoms with E-state index in [4.69, 9.17) is 5.73 Å². The molecule has 1 aromatic carbocycles. The number of aromatic amines is 1. The zero-order valence-electron chi connectivity index (χ0n) is 16.9. The van der Waals surface area contributed by atoms with Crippen molar-refractivity contribution in [1.82, 2.24) is 15.3 Å². The van der Waals surface area contributed by atoms with Crippen molar-refractivity contribution in [2.24, 2.45) is 11.7 Å². The number of hydrogen-bond donors (Lipinski definition) is 3. The maximum atomic E-state index is 15.2. The quantitative estimate of drug-likeness (QED) is 0.494. The third kappa shape index (κ3) is 5.51. The van der Waals surface area contributed by atoms with Crippen molar-refractivity contribution >= 4 is 16.9 Å². The highest BCUT2D eigenvalue weighted by atomic mass is 19.3. The van der Waals surface area contributed by atoms with Gasteiger partial charge in [0.25, 0.3) is 6.43 Å². The minimum Gasteiger partial charge on any atom is -0.350 e. The maximum Gasteiger partial charge on any atom is 0.255 e. The Morgan fingerprint density at radius 3 is 2.44 bits per heavy atom. The summed E-state index contributed by atoms with van der Waals surface area (Å²) in [4.78, 5) is 19.1. The van der Waals surface area contributed by atoms with Crippen LogP contribution in [0, 0.1) is 11.7 Å². The highest BCUT2D eigenvalue weighted by molar-refractivity contribution is 5.86. The van der Waals surface area contributed by atoms with Gasteiger partial charge in [-0.1, -0.05) is 6.07 Å². The molecule has 1 heterocycles. The van der Waals surface area contributed by atoms with Crippen LogP contribution in [0.25, 0.3) is 11.0 Å². The van der Waals surface area contributed by atoms with Gasteiger partial charge >= 0.3 is 0 Å². The number of alkyl halides is 6. The number of carbonyl (C=O) groups excluding carboxylic acids is 1. The van der Waals surface area contributed by atoms with E-state index < -0.39 is 61.0 Å². The van der Waals surface area contributed by atoms with Crippen LogP contribution in [0.2, 0.25) is 0 Å². The highest BCUT2D eigenvalue weighted by Crippen LogP contribution is 2.40. The summed E-state index contributed by atoms with van der Waals surface area (Å²) in [6.07, 6.45) is -7.24. The summed E-state index contributed by atoms with van der Waals surface area (Å²) in [6, 6.07) is 1.67. The summed E-state index contributed by atoms with van der Waals surface area (Å²) >= 11 is 0. The summed E-state index contributed by atoms with van der Waals surface area (Å²) in [6.45, 7) is -1.05. The average Bonchev–Trinajstić information content (AvgIpc) is 3.15. The number of amides is 1. The number of fused-ring (bicyclic) bond motifs is 1. The lowest BCUT2D eigenvalue weighted by Crippen LogP contribution is -2.34. The molecule has 0 spiro atoms. The Balaban J connectivity index is 1.87. The first kappa shape index (κ1) is 24.3. The Morgan fingerprint density at radius 1 is 1.19 bits per heavy atom. The van der Waals surface area contributed by atoms with Gasteiger partial charge in [0.05, 0.1) is 24.0 Å². The largest absolute Gasteiger partial charge is 0.350 e.